The molecule has 1 aliphatic heterocycles. The minimum atomic E-state index is -0.585. The summed E-state index contributed by atoms with van der Waals surface area (Å²) in [5.74, 6) is -0.853. The average Bonchev–Trinajstić information content (AvgIpc) is 3.14. The summed E-state index contributed by atoms with van der Waals surface area (Å²) in [5.41, 5.74) is 1.44. The highest BCUT2D eigenvalue weighted by molar-refractivity contribution is 6.21. The van der Waals surface area contributed by atoms with Crippen LogP contribution in [0.25, 0.3) is 11.0 Å². The molecule has 0 bridgehead atoms. The maximum atomic E-state index is 12.2. The molecule has 0 saturated carbocycles. The van der Waals surface area contributed by atoms with E-state index in [0.717, 1.165) is 15.9 Å². The number of amides is 2. The largest absolute Gasteiger partial charge is 0.457 e. The number of esters is 1. The van der Waals surface area contributed by atoms with Crippen LogP contribution in [0.15, 0.2) is 52.9 Å². The van der Waals surface area contributed by atoms with Gasteiger partial charge >= 0.3 is 5.97 Å². The fraction of sp³-hybridized carbons (Fsp3) is 0.105. The van der Waals surface area contributed by atoms with Crippen molar-refractivity contribution in [3.63, 3.8) is 0 Å². The highest BCUT2D eigenvalue weighted by Crippen LogP contribution is 2.24. The third-order valence-corrected chi connectivity index (χ3v) is 4.15. The van der Waals surface area contributed by atoms with Gasteiger partial charge in [-0.3, -0.25) is 14.5 Å². The Kier molecular flexibility index (Phi) is 3.39. The zero-order valence-electron chi connectivity index (χ0n) is 13.3. The van der Waals surface area contributed by atoms with Crippen molar-refractivity contribution < 1.29 is 23.5 Å². The first-order valence-corrected chi connectivity index (χ1v) is 7.65. The van der Waals surface area contributed by atoms with Gasteiger partial charge in [0.25, 0.3) is 11.8 Å². The van der Waals surface area contributed by atoms with Gasteiger partial charge in [-0.15, -0.1) is 0 Å². The lowest BCUT2D eigenvalue weighted by atomic mass is 10.1. The number of furan rings is 1. The normalized spacial score (nSPS) is 13.4. The number of fused-ring (bicyclic) bond motifs is 2. The van der Waals surface area contributed by atoms with Crippen molar-refractivity contribution >= 4 is 28.8 Å². The number of imide groups is 1. The summed E-state index contributed by atoms with van der Waals surface area (Å²) < 4.78 is 10.8. The Morgan fingerprint density at radius 1 is 1.04 bits per heavy atom. The molecule has 0 radical (unpaired) electrons. The van der Waals surface area contributed by atoms with Crippen LogP contribution in [0.4, 0.5) is 0 Å². The molecule has 2 amide bonds. The van der Waals surface area contributed by atoms with Gasteiger partial charge in [0, 0.05) is 12.4 Å². The van der Waals surface area contributed by atoms with E-state index < -0.39 is 11.9 Å². The monoisotopic (exact) mass is 335 g/mol. The van der Waals surface area contributed by atoms with Gasteiger partial charge < -0.3 is 9.15 Å². The lowest BCUT2D eigenvalue weighted by Crippen LogP contribution is -2.24. The topological polar surface area (TPSA) is 76.8 Å². The second-order valence-corrected chi connectivity index (χ2v) is 5.76. The number of hydrogen-bond donors (Lipinski definition) is 0. The van der Waals surface area contributed by atoms with E-state index in [1.54, 1.807) is 0 Å². The van der Waals surface area contributed by atoms with Gasteiger partial charge in [0.05, 0.1) is 16.7 Å². The summed E-state index contributed by atoms with van der Waals surface area (Å²) in [6.45, 7) is -0.0165. The van der Waals surface area contributed by atoms with Gasteiger partial charge in [0.15, 0.2) is 0 Å². The molecule has 0 saturated heterocycles. The quantitative estimate of drug-likeness (QED) is 0.543. The second-order valence-electron chi connectivity index (χ2n) is 5.76. The van der Waals surface area contributed by atoms with E-state index in [1.807, 2.05) is 30.3 Å². The van der Waals surface area contributed by atoms with Crippen LogP contribution in [0.2, 0.25) is 0 Å². The summed E-state index contributed by atoms with van der Waals surface area (Å²) >= 11 is 0. The van der Waals surface area contributed by atoms with Crippen molar-refractivity contribution in [2.75, 3.05) is 7.05 Å². The highest BCUT2D eigenvalue weighted by atomic mass is 16.5. The standard InChI is InChI=1S/C19H13NO5/c1-20-17(21)14-7-6-12(9-15(14)18(20)22)19(23)24-10-13-8-11-4-2-3-5-16(11)25-13/h2-9H,10H2,1H3. The van der Waals surface area contributed by atoms with Crippen molar-refractivity contribution in [2.45, 2.75) is 6.61 Å². The fourth-order valence-corrected chi connectivity index (χ4v) is 2.82. The molecular formula is C19H13NO5. The average molecular weight is 335 g/mol. The molecule has 0 fully saturated rings. The van der Waals surface area contributed by atoms with E-state index >= 15 is 0 Å². The molecule has 2 aromatic carbocycles. The molecule has 1 aromatic heterocycles. The van der Waals surface area contributed by atoms with Gasteiger partial charge in [-0.25, -0.2) is 4.79 Å². The summed E-state index contributed by atoms with van der Waals surface area (Å²) in [4.78, 5) is 37.1. The van der Waals surface area contributed by atoms with Crippen LogP contribution in [0.5, 0.6) is 0 Å². The minimum Gasteiger partial charge on any atom is -0.457 e. The molecule has 0 aliphatic carbocycles. The van der Waals surface area contributed by atoms with Crippen LogP contribution in [-0.2, 0) is 11.3 Å². The molecule has 0 N–H and O–H groups in total. The predicted octanol–water partition coefficient (Wildman–Crippen LogP) is 3.02. The van der Waals surface area contributed by atoms with Crippen LogP contribution < -0.4 is 0 Å². The predicted molar refractivity (Wildman–Crippen MR) is 88.2 cm³/mol. The van der Waals surface area contributed by atoms with Crippen molar-refractivity contribution in [2.24, 2.45) is 0 Å². The molecule has 1 aliphatic rings. The van der Waals surface area contributed by atoms with Crippen LogP contribution in [0.3, 0.4) is 0 Å². The Morgan fingerprint density at radius 2 is 1.80 bits per heavy atom. The number of rotatable bonds is 3. The molecule has 3 aromatic rings. The highest BCUT2D eigenvalue weighted by Gasteiger charge is 2.33. The first kappa shape index (κ1) is 15.1. The van der Waals surface area contributed by atoms with E-state index in [2.05, 4.69) is 0 Å². The van der Waals surface area contributed by atoms with E-state index in [4.69, 9.17) is 9.15 Å². The molecule has 0 atom stereocenters. The van der Waals surface area contributed by atoms with Crippen LogP contribution in [0, 0.1) is 0 Å². The number of benzene rings is 2. The lowest BCUT2D eigenvalue weighted by Gasteiger charge is -2.04. The van der Waals surface area contributed by atoms with E-state index in [9.17, 15) is 14.4 Å². The molecule has 6 nitrogen and oxygen atoms in total. The van der Waals surface area contributed by atoms with Gasteiger partial charge in [-0.05, 0) is 30.3 Å². The number of hydrogen-bond acceptors (Lipinski definition) is 5. The summed E-state index contributed by atoms with van der Waals surface area (Å²) in [5, 5.41) is 0.929. The number of ether oxygens (including phenoxy) is 1. The molecular weight excluding hydrogens is 322 g/mol. The number of carbonyl (C=O) groups is 3. The maximum Gasteiger partial charge on any atom is 0.338 e. The van der Waals surface area contributed by atoms with Gasteiger partial charge in [0.1, 0.15) is 18.0 Å². The molecule has 0 spiro atoms. The molecule has 4 rings (SSSR count). The molecule has 124 valence electrons. The zero-order chi connectivity index (χ0) is 17.6. The van der Waals surface area contributed by atoms with Crippen molar-refractivity contribution in [1.29, 1.82) is 0 Å². The van der Waals surface area contributed by atoms with Crippen LogP contribution >= 0.6 is 0 Å². The molecule has 2 heterocycles. The Bertz CT molecular complexity index is 1000. The SMILES string of the molecule is CN1C(=O)c2ccc(C(=O)OCc3cc4ccccc4o3)cc2C1=O. The third-order valence-electron chi connectivity index (χ3n) is 4.15. The Morgan fingerprint density at radius 3 is 2.60 bits per heavy atom. The number of carbonyl (C=O) groups excluding carboxylic acids is 3. The van der Waals surface area contributed by atoms with Crippen LogP contribution in [0.1, 0.15) is 36.8 Å². The first-order valence-electron chi connectivity index (χ1n) is 7.65. The Hall–Kier alpha value is -3.41. The zero-order valence-corrected chi connectivity index (χ0v) is 13.3. The maximum absolute atomic E-state index is 12.2. The third kappa shape index (κ3) is 2.48. The van der Waals surface area contributed by atoms with Gasteiger partial charge in [-0.1, -0.05) is 18.2 Å². The first-order chi connectivity index (χ1) is 12.0. The Labute approximate surface area is 142 Å². The molecule has 6 heteroatoms. The van der Waals surface area contributed by atoms with E-state index in [1.165, 1.54) is 25.2 Å². The summed E-state index contributed by atoms with van der Waals surface area (Å²) in [6, 6.07) is 13.6. The van der Waals surface area contributed by atoms with Crippen molar-refractivity contribution in [3.05, 3.63) is 71.0 Å². The summed E-state index contributed by atoms with van der Waals surface area (Å²) in [7, 11) is 1.41. The second kappa shape index (κ2) is 5.59. The smallest absolute Gasteiger partial charge is 0.338 e. The minimum absolute atomic E-state index is 0.0165. The lowest BCUT2D eigenvalue weighted by molar-refractivity contribution is 0.0447. The van der Waals surface area contributed by atoms with E-state index in [0.29, 0.717) is 11.3 Å². The molecule has 0 unspecified atom stereocenters. The van der Waals surface area contributed by atoms with Crippen LogP contribution in [-0.4, -0.2) is 29.7 Å². The van der Waals surface area contributed by atoms with Crippen molar-refractivity contribution in [1.82, 2.24) is 4.90 Å². The fourth-order valence-electron chi connectivity index (χ4n) is 2.82. The summed E-state index contributed by atoms with van der Waals surface area (Å²) in [6.07, 6.45) is 0. The van der Waals surface area contributed by atoms with Gasteiger partial charge in [0.2, 0.25) is 0 Å². The number of para-hydroxylation sites is 1. The Balaban J connectivity index is 1.52. The van der Waals surface area contributed by atoms with Gasteiger partial charge in [-0.2, -0.15) is 0 Å². The van der Waals surface area contributed by atoms with Crippen molar-refractivity contribution in [3.8, 4) is 0 Å². The van der Waals surface area contributed by atoms with E-state index in [-0.39, 0.29) is 23.6 Å². The molecule has 25 heavy (non-hydrogen) atoms. The number of nitrogens with zero attached hydrogens (tertiary/aromatic N) is 1.